The third kappa shape index (κ3) is 2.81. The first-order valence-electron chi connectivity index (χ1n) is 6.44. The lowest BCUT2D eigenvalue weighted by atomic mass is 9.66. The van der Waals surface area contributed by atoms with Crippen LogP contribution in [0.2, 0.25) is 0 Å². The molecule has 0 bridgehead atoms. The number of amides is 1. The molecule has 0 saturated heterocycles. The maximum atomic E-state index is 12.1. The predicted octanol–water partition coefficient (Wildman–Crippen LogP) is 2.74. The van der Waals surface area contributed by atoms with E-state index in [4.69, 9.17) is 0 Å². The smallest absolute Gasteiger partial charge is 0.310 e. The first-order valence-corrected chi connectivity index (χ1v) is 7.32. The molecule has 1 saturated carbocycles. The van der Waals surface area contributed by atoms with Crippen molar-refractivity contribution in [3.05, 3.63) is 22.4 Å². The van der Waals surface area contributed by atoms with Gasteiger partial charge in [-0.2, -0.15) is 0 Å². The van der Waals surface area contributed by atoms with Crippen LogP contribution in [0.4, 0.5) is 0 Å². The summed E-state index contributed by atoms with van der Waals surface area (Å²) in [4.78, 5) is 24.4. The number of carboxylic acid groups (broad SMARTS) is 1. The molecule has 0 atom stereocenters. The van der Waals surface area contributed by atoms with Crippen molar-refractivity contribution in [3.8, 4) is 0 Å². The molecule has 1 fully saturated rings. The van der Waals surface area contributed by atoms with Gasteiger partial charge < -0.3 is 10.4 Å². The fraction of sp³-hybridized carbons (Fsp3) is 0.571. The van der Waals surface area contributed by atoms with Gasteiger partial charge in [0, 0.05) is 11.3 Å². The lowest BCUT2D eigenvalue weighted by Crippen LogP contribution is -2.46. The van der Waals surface area contributed by atoms with E-state index in [1.54, 1.807) is 11.3 Å². The van der Waals surface area contributed by atoms with E-state index in [1.807, 2.05) is 31.4 Å². The lowest BCUT2D eigenvalue weighted by Gasteiger charge is -2.38. The zero-order chi connectivity index (χ0) is 14.1. The van der Waals surface area contributed by atoms with Gasteiger partial charge in [-0.15, -0.1) is 11.3 Å². The standard InChI is InChI=1S/C14H19NO3S/c1-13(2,10-5-3-8-19-10)15-11(16)9-14(12(17)18)6-4-7-14/h3,5,8H,4,6-7,9H2,1-2H3,(H,15,16)(H,17,18). The third-order valence-corrected chi connectivity index (χ3v) is 5.05. The fourth-order valence-electron chi connectivity index (χ4n) is 2.47. The van der Waals surface area contributed by atoms with Gasteiger partial charge >= 0.3 is 5.97 Å². The van der Waals surface area contributed by atoms with E-state index in [2.05, 4.69) is 5.32 Å². The molecule has 1 amide bonds. The average Bonchev–Trinajstić information content (AvgIpc) is 2.75. The van der Waals surface area contributed by atoms with Crippen LogP contribution in [0.3, 0.4) is 0 Å². The number of rotatable bonds is 5. The molecule has 4 nitrogen and oxygen atoms in total. The van der Waals surface area contributed by atoms with Gasteiger partial charge in [-0.25, -0.2) is 0 Å². The van der Waals surface area contributed by atoms with Crippen LogP contribution in [0.1, 0.15) is 44.4 Å². The van der Waals surface area contributed by atoms with Crippen molar-refractivity contribution >= 4 is 23.2 Å². The van der Waals surface area contributed by atoms with E-state index in [9.17, 15) is 14.7 Å². The summed E-state index contributed by atoms with van der Waals surface area (Å²) in [5.74, 6) is -1.02. The molecule has 2 rings (SSSR count). The van der Waals surface area contributed by atoms with Gasteiger partial charge in [0.15, 0.2) is 0 Å². The summed E-state index contributed by atoms with van der Waals surface area (Å²) in [6.07, 6.45) is 2.19. The van der Waals surface area contributed by atoms with E-state index < -0.39 is 16.9 Å². The van der Waals surface area contributed by atoms with E-state index in [1.165, 1.54) is 0 Å². The van der Waals surface area contributed by atoms with Crippen molar-refractivity contribution in [1.29, 1.82) is 0 Å². The summed E-state index contributed by atoms with van der Waals surface area (Å²) < 4.78 is 0. The highest BCUT2D eigenvalue weighted by molar-refractivity contribution is 7.10. The van der Waals surface area contributed by atoms with Gasteiger partial charge in [0.05, 0.1) is 11.0 Å². The highest BCUT2D eigenvalue weighted by Crippen LogP contribution is 2.44. The van der Waals surface area contributed by atoms with Gasteiger partial charge in [0.2, 0.25) is 5.91 Å². The van der Waals surface area contributed by atoms with Crippen molar-refractivity contribution in [2.75, 3.05) is 0 Å². The predicted molar refractivity (Wildman–Crippen MR) is 74.0 cm³/mol. The van der Waals surface area contributed by atoms with Crippen LogP contribution in [0.25, 0.3) is 0 Å². The van der Waals surface area contributed by atoms with Crippen LogP contribution in [0, 0.1) is 5.41 Å². The van der Waals surface area contributed by atoms with Gasteiger partial charge in [0.25, 0.3) is 0 Å². The zero-order valence-electron chi connectivity index (χ0n) is 11.2. The Labute approximate surface area is 116 Å². The van der Waals surface area contributed by atoms with E-state index in [-0.39, 0.29) is 12.3 Å². The number of carbonyl (C=O) groups excluding carboxylic acids is 1. The summed E-state index contributed by atoms with van der Waals surface area (Å²) in [6.45, 7) is 3.87. The molecule has 0 spiro atoms. The summed E-state index contributed by atoms with van der Waals surface area (Å²) in [5, 5.41) is 14.1. The van der Waals surface area contributed by atoms with Crippen LogP contribution >= 0.6 is 11.3 Å². The number of thiophene rings is 1. The topological polar surface area (TPSA) is 66.4 Å². The van der Waals surface area contributed by atoms with E-state index in [0.29, 0.717) is 12.8 Å². The number of hydrogen-bond acceptors (Lipinski definition) is 3. The van der Waals surface area contributed by atoms with Crippen LogP contribution in [-0.2, 0) is 15.1 Å². The Balaban J connectivity index is 2.00. The number of carboxylic acids is 1. The number of hydrogen-bond donors (Lipinski definition) is 2. The van der Waals surface area contributed by atoms with E-state index >= 15 is 0 Å². The SMILES string of the molecule is CC(C)(NC(=O)CC1(C(=O)O)CCC1)c1cccs1. The van der Waals surface area contributed by atoms with Crippen molar-refractivity contribution in [1.82, 2.24) is 5.32 Å². The number of carbonyl (C=O) groups is 2. The Bertz CT molecular complexity index is 475. The Kier molecular flexibility index (Phi) is 3.67. The van der Waals surface area contributed by atoms with Crippen LogP contribution in [-0.4, -0.2) is 17.0 Å². The average molecular weight is 281 g/mol. The third-order valence-electron chi connectivity index (χ3n) is 3.85. The minimum Gasteiger partial charge on any atom is -0.481 e. The molecule has 2 N–H and O–H groups in total. The molecule has 0 aliphatic heterocycles. The van der Waals surface area contributed by atoms with Gasteiger partial charge in [-0.1, -0.05) is 12.5 Å². The second kappa shape index (κ2) is 4.96. The molecule has 19 heavy (non-hydrogen) atoms. The molecule has 0 aromatic carbocycles. The largest absolute Gasteiger partial charge is 0.481 e. The maximum absolute atomic E-state index is 12.1. The van der Waals surface area contributed by atoms with Gasteiger partial charge in [-0.05, 0) is 38.1 Å². The molecule has 0 radical (unpaired) electrons. The second-order valence-electron chi connectivity index (χ2n) is 5.77. The normalized spacial score (nSPS) is 17.6. The van der Waals surface area contributed by atoms with E-state index in [0.717, 1.165) is 11.3 Å². The van der Waals surface area contributed by atoms with Crippen molar-refractivity contribution < 1.29 is 14.7 Å². The van der Waals surface area contributed by atoms with Crippen molar-refractivity contribution in [2.24, 2.45) is 5.41 Å². The molecule has 0 unspecified atom stereocenters. The highest BCUT2D eigenvalue weighted by atomic mass is 32.1. The molecule has 104 valence electrons. The molecule has 1 aromatic rings. The Hall–Kier alpha value is -1.36. The second-order valence-corrected chi connectivity index (χ2v) is 6.71. The lowest BCUT2D eigenvalue weighted by molar-refractivity contribution is -0.157. The molecule has 5 heteroatoms. The minimum absolute atomic E-state index is 0.0805. The Morgan fingerprint density at radius 1 is 1.47 bits per heavy atom. The van der Waals surface area contributed by atoms with Crippen molar-refractivity contribution in [2.45, 2.75) is 45.1 Å². The maximum Gasteiger partial charge on any atom is 0.310 e. The molecule has 1 aliphatic rings. The first-order chi connectivity index (χ1) is 8.86. The summed E-state index contributed by atoms with van der Waals surface area (Å²) in [7, 11) is 0. The fourth-order valence-corrected chi connectivity index (χ4v) is 3.27. The monoisotopic (exact) mass is 281 g/mol. The summed E-state index contributed by atoms with van der Waals surface area (Å²) >= 11 is 1.58. The van der Waals surface area contributed by atoms with Crippen LogP contribution < -0.4 is 5.32 Å². The Morgan fingerprint density at radius 2 is 2.16 bits per heavy atom. The van der Waals surface area contributed by atoms with Crippen LogP contribution in [0.5, 0.6) is 0 Å². The number of aliphatic carboxylic acids is 1. The first kappa shape index (κ1) is 14.1. The molecular weight excluding hydrogens is 262 g/mol. The van der Waals surface area contributed by atoms with Gasteiger partial charge in [-0.3, -0.25) is 9.59 Å². The van der Waals surface area contributed by atoms with Crippen molar-refractivity contribution in [3.63, 3.8) is 0 Å². The summed E-state index contributed by atoms with van der Waals surface area (Å²) in [6, 6.07) is 3.92. The molecule has 1 aromatic heterocycles. The Morgan fingerprint density at radius 3 is 2.58 bits per heavy atom. The minimum atomic E-state index is -0.845. The molecular formula is C14H19NO3S. The quantitative estimate of drug-likeness (QED) is 0.872. The number of nitrogens with one attached hydrogen (secondary N) is 1. The highest BCUT2D eigenvalue weighted by Gasteiger charge is 2.46. The molecule has 1 heterocycles. The van der Waals surface area contributed by atoms with Crippen LogP contribution in [0.15, 0.2) is 17.5 Å². The summed E-state index contributed by atoms with van der Waals surface area (Å²) in [5.41, 5.74) is -1.27. The zero-order valence-corrected chi connectivity index (χ0v) is 12.0. The molecule has 1 aliphatic carbocycles. The van der Waals surface area contributed by atoms with Gasteiger partial charge in [0.1, 0.15) is 0 Å².